The van der Waals surface area contributed by atoms with E-state index in [9.17, 15) is 14.0 Å². The molecule has 2 aromatic heterocycles. The topological polar surface area (TPSA) is 38.5 Å². The molecule has 0 amide bonds. The fourth-order valence-corrected chi connectivity index (χ4v) is 9.26. The summed E-state index contributed by atoms with van der Waals surface area (Å²) < 4.78 is 124. The number of benzene rings is 5. The third kappa shape index (κ3) is 4.69. The van der Waals surface area contributed by atoms with Gasteiger partial charge in [0.1, 0.15) is 0 Å². The molecule has 0 N–H and O–H groups in total. The summed E-state index contributed by atoms with van der Waals surface area (Å²) in [6, 6.07) is 12.6. The van der Waals surface area contributed by atoms with Crippen molar-refractivity contribution < 1.29 is 35.1 Å². The minimum Gasteiger partial charge on any atom is -0.302 e. The van der Waals surface area contributed by atoms with Gasteiger partial charge in [-0.3, -0.25) is 9.59 Å². The zero-order valence-electron chi connectivity index (χ0n) is 29.5. The van der Waals surface area contributed by atoms with Crippen LogP contribution in [0.3, 0.4) is 0 Å². The van der Waals surface area contributed by atoms with E-state index < -0.39 is 102 Å². The third-order valence-corrected chi connectivity index (χ3v) is 11.7. The van der Waals surface area contributed by atoms with E-state index in [-0.39, 0.29) is 28.1 Å². The molecule has 0 unspecified atom stereocenters. The second kappa shape index (κ2) is 12.3. The van der Waals surface area contributed by atoms with Crippen LogP contribution in [0.15, 0.2) is 61.8 Å². The molecule has 0 saturated carbocycles. The quantitative estimate of drug-likeness (QED) is 0.0449. The van der Waals surface area contributed by atoms with Gasteiger partial charge in [-0.2, -0.15) is 0 Å². The van der Waals surface area contributed by atoms with Gasteiger partial charge in [0.05, 0.1) is 27.3 Å². The number of hydrogen-bond acceptors (Lipinski definition) is 3. The van der Waals surface area contributed by atoms with Crippen molar-refractivity contribution in [1.82, 2.24) is 4.40 Å². The fourth-order valence-electron chi connectivity index (χ4n) is 8.07. The van der Waals surface area contributed by atoms with Crippen molar-refractivity contribution in [2.45, 2.75) is 69.1 Å². The van der Waals surface area contributed by atoms with Crippen LogP contribution in [0.1, 0.15) is 76.0 Å². The van der Waals surface area contributed by atoms with Gasteiger partial charge >= 0.3 is 0 Å². The Labute approximate surface area is 307 Å². The Balaban J connectivity index is 1.74. The van der Waals surface area contributed by atoms with E-state index in [0.717, 1.165) is 33.9 Å². The minimum atomic E-state index is -2.40. The lowest BCUT2D eigenvalue weighted by molar-refractivity contribution is 0.414. The van der Waals surface area contributed by atoms with Crippen molar-refractivity contribution in [3.63, 3.8) is 0 Å². The zero-order chi connectivity index (χ0) is 39.0. The van der Waals surface area contributed by atoms with Crippen LogP contribution in [-0.4, -0.2) is 11.1 Å². The molecule has 0 radical (unpaired) electrons. The molecule has 7 aromatic rings. The molecule has 274 valence electrons. The predicted octanol–water partition coefficient (Wildman–Crippen LogP) is 9.02. The average Bonchev–Trinajstić information content (AvgIpc) is 3.14. The second-order valence-corrected chi connectivity index (χ2v) is 15.7. The van der Waals surface area contributed by atoms with Crippen LogP contribution in [0.5, 0.6) is 0 Å². The molecule has 0 bridgehead atoms. The number of pyridine rings is 2. The molecule has 0 aliphatic carbocycles. The lowest BCUT2D eigenvalue weighted by Crippen LogP contribution is -2.58. The van der Waals surface area contributed by atoms with Crippen LogP contribution in [-0.2, 0) is 0 Å². The molecular weight excluding hydrogens is 733 g/mol. The number of nitrogens with zero attached hydrogens (tertiary/aromatic N) is 1. The summed E-state index contributed by atoms with van der Waals surface area (Å²) in [7, 11) is 0. The standard InChI is InChI=1S/C41H28BF8NO2S/c1-14(2)17-11-18(15(3)4)27(19(12-17)16(5)6)42-21-9-7-8-10-22(21)54-23-13-20-37-24(28(23)42)41(53)26-30(44)32(46)34(48)36(50)39(26)51(37)38-25(40(20)52)29(43)31(45)33(47)35(38)49/h7-16H,1-6H3. The monoisotopic (exact) mass is 761 g/mol. The van der Waals surface area contributed by atoms with E-state index in [1.54, 1.807) is 12.1 Å². The van der Waals surface area contributed by atoms with Gasteiger partial charge in [0, 0.05) is 20.6 Å². The van der Waals surface area contributed by atoms with Gasteiger partial charge in [0.25, 0.3) is 0 Å². The van der Waals surface area contributed by atoms with Crippen molar-refractivity contribution in [1.29, 1.82) is 0 Å². The normalized spacial score (nSPS) is 13.2. The smallest absolute Gasteiger partial charge is 0.245 e. The number of hydrogen-bond donors (Lipinski definition) is 0. The first-order valence-corrected chi connectivity index (χ1v) is 18.1. The van der Waals surface area contributed by atoms with Crippen molar-refractivity contribution in [2.24, 2.45) is 0 Å². The number of halogens is 8. The molecule has 54 heavy (non-hydrogen) atoms. The second-order valence-electron chi connectivity index (χ2n) is 14.7. The molecule has 8 rings (SSSR count). The molecule has 0 saturated heterocycles. The maximum atomic E-state index is 16.0. The van der Waals surface area contributed by atoms with E-state index in [2.05, 4.69) is 12.1 Å². The Morgan fingerprint density at radius 2 is 1.04 bits per heavy atom. The van der Waals surface area contributed by atoms with Crippen LogP contribution in [0, 0.1) is 46.5 Å². The highest BCUT2D eigenvalue weighted by molar-refractivity contribution is 8.00. The van der Waals surface area contributed by atoms with Gasteiger partial charge < -0.3 is 4.40 Å². The Morgan fingerprint density at radius 3 is 1.56 bits per heavy atom. The van der Waals surface area contributed by atoms with Crippen LogP contribution >= 0.6 is 11.8 Å². The highest BCUT2D eigenvalue weighted by Gasteiger charge is 2.40. The molecule has 3 heterocycles. The molecular formula is C41H28BF8NO2S. The Bertz CT molecular complexity index is 2890. The van der Waals surface area contributed by atoms with Crippen molar-refractivity contribution in [3.8, 4) is 0 Å². The highest BCUT2D eigenvalue weighted by Crippen LogP contribution is 2.39. The SMILES string of the molecule is CC(C)c1cc(C(C)C)c(B2c3ccccc3Sc3cc4c(=O)c5c(F)c(F)c(F)c(F)c5n5c6c(F)c(F)c(F)c(F)c6c(=O)c(c32)c45)c(C(C)C)c1. The molecule has 5 aromatic carbocycles. The van der Waals surface area contributed by atoms with Gasteiger partial charge in [-0.05, 0) is 52.0 Å². The molecule has 0 atom stereocenters. The summed E-state index contributed by atoms with van der Waals surface area (Å²) in [5.41, 5.74) is -1.80. The summed E-state index contributed by atoms with van der Waals surface area (Å²) in [5, 5.41) is -3.87. The van der Waals surface area contributed by atoms with Crippen molar-refractivity contribution in [2.75, 3.05) is 0 Å². The molecule has 0 fully saturated rings. The predicted molar refractivity (Wildman–Crippen MR) is 197 cm³/mol. The van der Waals surface area contributed by atoms with Gasteiger partial charge in [-0.25, -0.2) is 35.1 Å². The van der Waals surface area contributed by atoms with Crippen molar-refractivity contribution in [3.05, 3.63) is 126 Å². The van der Waals surface area contributed by atoms with Gasteiger partial charge in [0.2, 0.25) is 12.1 Å². The lowest BCUT2D eigenvalue weighted by atomic mass is 9.34. The first-order valence-electron chi connectivity index (χ1n) is 17.3. The van der Waals surface area contributed by atoms with Crippen LogP contribution in [0.4, 0.5) is 35.1 Å². The zero-order valence-corrected chi connectivity index (χ0v) is 30.4. The summed E-state index contributed by atoms with van der Waals surface area (Å²) in [6.45, 7) is 11.2. The van der Waals surface area contributed by atoms with E-state index in [1.165, 1.54) is 6.07 Å². The number of rotatable bonds is 4. The van der Waals surface area contributed by atoms with Gasteiger partial charge in [0.15, 0.2) is 52.0 Å². The summed E-state index contributed by atoms with van der Waals surface area (Å²) in [5.74, 6) is -18.3. The Hall–Kier alpha value is -4.91. The summed E-state index contributed by atoms with van der Waals surface area (Å²) >= 11 is 1.11. The molecule has 1 aliphatic rings. The molecule has 13 heteroatoms. The Kier molecular flexibility index (Phi) is 8.23. The minimum absolute atomic E-state index is 0.102. The van der Waals surface area contributed by atoms with Crippen LogP contribution < -0.4 is 27.2 Å². The summed E-state index contributed by atoms with van der Waals surface area (Å²) in [6.07, 6.45) is 0. The lowest BCUT2D eigenvalue weighted by Gasteiger charge is -2.33. The first-order chi connectivity index (χ1) is 25.5. The largest absolute Gasteiger partial charge is 0.302 e. The third-order valence-electron chi connectivity index (χ3n) is 10.6. The Morgan fingerprint density at radius 1 is 0.537 bits per heavy atom. The van der Waals surface area contributed by atoms with E-state index in [1.807, 2.05) is 53.7 Å². The maximum absolute atomic E-state index is 16.0. The molecule has 0 spiro atoms. The summed E-state index contributed by atoms with van der Waals surface area (Å²) in [4.78, 5) is 30.0. The number of aromatic nitrogens is 1. The van der Waals surface area contributed by atoms with Gasteiger partial charge in [-0.15, -0.1) is 0 Å². The number of fused-ring (bicyclic) bond motifs is 7. The van der Waals surface area contributed by atoms with E-state index in [0.29, 0.717) is 14.8 Å². The molecule has 3 nitrogen and oxygen atoms in total. The van der Waals surface area contributed by atoms with E-state index >= 15 is 30.7 Å². The molecule has 1 aliphatic heterocycles. The van der Waals surface area contributed by atoms with Crippen LogP contribution in [0.25, 0.3) is 38.1 Å². The maximum Gasteiger partial charge on any atom is 0.245 e. The van der Waals surface area contributed by atoms with Crippen molar-refractivity contribution >= 4 is 73.0 Å². The van der Waals surface area contributed by atoms with Gasteiger partial charge in [-0.1, -0.05) is 94.6 Å². The van der Waals surface area contributed by atoms with Crippen LogP contribution in [0.2, 0.25) is 0 Å². The fraction of sp³-hybridized carbons (Fsp3) is 0.220. The van der Waals surface area contributed by atoms with E-state index in [4.69, 9.17) is 0 Å². The average molecular weight is 762 g/mol. The highest BCUT2D eigenvalue weighted by atomic mass is 32.2. The first kappa shape index (κ1) is 36.1.